The third-order valence-electron chi connectivity index (χ3n) is 5.54. The molecule has 1 fully saturated rings. The van der Waals surface area contributed by atoms with Crippen LogP contribution in [0.3, 0.4) is 0 Å². The molecule has 8 heteroatoms. The summed E-state index contributed by atoms with van der Waals surface area (Å²) < 4.78 is 33.5. The minimum atomic E-state index is -3.74. The number of carbonyl (C=O) groups excluding carboxylic acids is 2. The number of rotatable bonds is 6. The lowest BCUT2D eigenvalue weighted by Crippen LogP contribution is -2.42. The number of esters is 1. The van der Waals surface area contributed by atoms with Gasteiger partial charge in [-0.25, -0.2) is 13.2 Å². The van der Waals surface area contributed by atoms with E-state index >= 15 is 0 Å². The largest absolute Gasteiger partial charge is 0.444 e. The molecule has 3 unspecified atom stereocenters. The van der Waals surface area contributed by atoms with E-state index < -0.39 is 22.1 Å². The lowest BCUT2D eigenvalue weighted by atomic mass is 9.94. The van der Waals surface area contributed by atoms with Gasteiger partial charge in [-0.1, -0.05) is 50.2 Å². The zero-order valence-corrected chi connectivity index (χ0v) is 19.7. The first kappa shape index (κ1) is 23.9. The fraction of sp³-hybridized carbons (Fsp3) is 0.417. The number of hydrogen-bond acceptors (Lipinski definition) is 5. The monoisotopic (exact) mass is 458 g/mol. The molecule has 0 aromatic heterocycles. The molecule has 7 nitrogen and oxygen atoms in total. The van der Waals surface area contributed by atoms with E-state index in [2.05, 4.69) is 0 Å². The van der Waals surface area contributed by atoms with E-state index in [1.54, 1.807) is 44.4 Å². The maximum atomic E-state index is 13.2. The van der Waals surface area contributed by atoms with Crippen molar-refractivity contribution in [1.82, 2.24) is 9.21 Å². The fourth-order valence-electron chi connectivity index (χ4n) is 4.03. The van der Waals surface area contributed by atoms with Gasteiger partial charge in [0.1, 0.15) is 0 Å². The van der Waals surface area contributed by atoms with Crippen molar-refractivity contribution in [1.29, 1.82) is 0 Å². The number of carbonyl (C=O) groups is 2. The minimum absolute atomic E-state index is 0.0449. The van der Waals surface area contributed by atoms with Crippen LogP contribution >= 0.6 is 0 Å². The number of hydrogen-bond donors (Lipinski definition) is 0. The molecule has 0 spiro atoms. The number of nitrogens with zero attached hydrogens (tertiary/aromatic N) is 2. The summed E-state index contributed by atoms with van der Waals surface area (Å²) in [4.78, 5) is 27.0. The minimum Gasteiger partial charge on any atom is -0.444 e. The van der Waals surface area contributed by atoms with Gasteiger partial charge in [-0.2, -0.15) is 4.31 Å². The quantitative estimate of drug-likeness (QED) is 0.620. The maximum absolute atomic E-state index is 13.2. The van der Waals surface area contributed by atoms with Crippen LogP contribution in [0, 0.1) is 11.8 Å². The average Bonchev–Trinajstić information content (AvgIpc) is 2.76. The average molecular weight is 459 g/mol. The van der Waals surface area contributed by atoms with Crippen LogP contribution < -0.4 is 0 Å². The summed E-state index contributed by atoms with van der Waals surface area (Å²) in [5.41, 5.74) is 0.622. The molecule has 3 rings (SSSR count). The van der Waals surface area contributed by atoms with Crippen LogP contribution in [-0.4, -0.2) is 56.7 Å². The molecule has 1 aliphatic heterocycles. The Bertz CT molecular complexity index is 1060. The lowest BCUT2D eigenvalue weighted by molar-refractivity contribution is -0.138. The summed E-state index contributed by atoms with van der Waals surface area (Å²) in [5.74, 6) is -0.605. The molecule has 2 aromatic rings. The van der Waals surface area contributed by atoms with E-state index in [9.17, 15) is 18.0 Å². The Balaban J connectivity index is 1.86. The van der Waals surface area contributed by atoms with E-state index in [1.165, 1.54) is 33.5 Å². The zero-order chi connectivity index (χ0) is 23.5. The normalized spacial score (nSPS) is 20.4. The van der Waals surface area contributed by atoms with Crippen LogP contribution in [0.15, 0.2) is 59.5 Å². The Hall–Kier alpha value is -2.71. The Morgan fingerprint density at radius 1 is 1.00 bits per heavy atom. The highest BCUT2D eigenvalue weighted by Gasteiger charge is 2.32. The Labute approximate surface area is 190 Å². The van der Waals surface area contributed by atoms with Crippen molar-refractivity contribution >= 4 is 21.9 Å². The van der Waals surface area contributed by atoms with E-state index in [0.717, 1.165) is 6.42 Å². The third kappa shape index (κ3) is 5.37. The molecular formula is C24H30N2O5S. The summed E-state index contributed by atoms with van der Waals surface area (Å²) in [6.45, 7) is 4.98. The van der Waals surface area contributed by atoms with Crippen molar-refractivity contribution in [3.05, 3.63) is 65.7 Å². The molecule has 1 aliphatic rings. The SMILES string of the molecule is CC1CC(C)CN(S(=O)(=O)c2cccc(C(=O)OC(C(=O)N(C)C)c3ccccc3)c2)C1. The highest BCUT2D eigenvalue weighted by molar-refractivity contribution is 7.89. The second-order valence-electron chi connectivity index (χ2n) is 8.72. The molecule has 1 amide bonds. The molecule has 3 atom stereocenters. The van der Waals surface area contributed by atoms with Crippen LogP contribution in [-0.2, 0) is 19.6 Å². The van der Waals surface area contributed by atoms with Crippen molar-refractivity contribution in [2.75, 3.05) is 27.2 Å². The number of piperidine rings is 1. The van der Waals surface area contributed by atoms with Crippen LogP contribution in [0.25, 0.3) is 0 Å². The van der Waals surface area contributed by atoms with Gasteiger partial charge in [0.05, 0.1) is 10.5 Å². The zero-order valence-electron chi connectivity index (χ0n) is 18.9. The van der Waals surface area contributed by atoms with Crippen LogP contribution in [0.1, 0.15) is 42.3 Å². The number of likely N-dealkylation sites (N-methyl/N-ethyl adjacent to an activating group) is 1. The van der Waals surface area contributed by atoms with Crippen LogP contribution in [0.5, 0.6) is 0 Å². The summed E-state index contributed by atoms with van der Waals surface area (Å²) >= 11 is 0. The number of benzene rings is 2. The third-order valence-corrected chi connectivity index (χ3v) is 7.36. The van der Waals surface area contributed by atoms with Gasteiger partial charge in [0.2, 0.25) is 16.1 Å². The first-order valence-electron chi connectivity index (χ1n) is 10.7. The van der Waals surface area contributed by atoms with Gasteiger partial charge < -0.3 is 9.64 Å². The molecule has 172 valence electrons. The first-order valence-corrected chi connectivity index (χ1v) is 12.1. The second kappa shape index (κ2) is 9.83. The first-order chi connectivity index (χ1) is 15.1. The molecule has 1 saturated heterocycles. The van der Waals surface area contributed by atoms with Crippen molar-refractivity contribution in [3.8, 4) is 0 Å². The molecule has 2 aromatic carbocycles. The molecule has 0 radical (unpaired) electrons. The predicted molar refractivity (Wildman–Crippen MR) is 121 cm³/mol. The summed E-state index contributed by atoms with van der Waals surface area (Å²) in [6.07, 6.45) is -0.137. The number of ether oxygens (including phenoxy) is 1. The molecule has 1 heterocycles. The van der Waals surface area contributed by atoms with Gasteiger partial charge in [-0.15, -0.1) is 0 Å². The van der Waals surface area contributed by atoms with Gasteiger partial charge in [-0.05, 0) is 36.5 Å². The Morgan fingerprint density at radius 2 is 1.62 bits per heavy atom. The lowest BCUT2D eigenvalue weighted by Gasteiger charge is -2.34. The van der Waals surface area contributed by atoms with Crippen LogP contribution in [0.4, 0.5) is 0 Å². The molecule has 0 bridgehead atoms. The van der Waals surface area contributed by atoms with Gasteiger partial charge in [0.15, 0.2) is 0 Å². The van der Waals surface area contributed by atoms with Crippen molar-refractivity contribution in [2.24, 2.45) is 11.8 Å². The van der Waals surface area contributed by atoms with Crippen molar-refractivity contribution < 1.29 is 22.7 Å². The molecule has 0 N–H and O–H groups in total. The van der Waals surface area contributed by atoms with Gasteiger partial charge >= 0.3 is 5.97 Å². The molecule has 0 aliphatic carbocycles. The standard InChI is InChI=1S/C24H30N2O5S/c1-17-13-18(2)16-26(15-17)32(29,30)21-12-8-11-20(14-21)24(28)31-22(23(27)25(3)4)19-9-6-5-7-10-19/h5-12,14,17-18,22H,13,15-16H2,1-4H3. The van der Waals surface area contributed by atoms with Gasteiger partial charge in [0, 0.05) is 32.7 Å². The van der Waals surface area contributed by atoms with Gasteiger partial charge in [0.25, 0.3) is 5.91 Å². The summed E-state index contributed by atoms with van der Waals surface area (Å²) in [5, 5.41) is 0. The van der Waals surface area contributed by atoms with Gasteiger partial charge in [-0.3, -0.25) is 4.79 Å². The second-order valence-corrected chi connectivity index (χ2v) is 10.7. The number of sulfonamides is 1. The molecule has 32 heavy (non-hydrogen) atoms. The maximum Gasteiger partial charge on any atom is 0.339 e. The Kier molecular flexibility index (Phi) is 7.36. The molecule has 0 saturated carbocycles. The highest BCUT2D eigenvalue weighted by atomic mass is 32.2. The van der Waals surface area contributed by atoms with E-state index in [1.807, 2.05) is 13.8 Å². The van der Waals surface area contributed by atoms with E-state index in [0.29, 0.717) is 18.7 Å². The molecular weight excluding hydrogens is 428 g/mol. The highest BCUT2D eigenvalue weighted by Crippen LogP contribution is 2.28. The van der Waals surface area contributed by atoms with Crippen molar-refractivity contribution in [3.63, 3.8) is 0 Å². The Morgan fingerprint density at radius 3 is 2.22 bits per heavy atom. The summed E-state index contributed by atoms with van der Waals surface area (Å²) in [7, 11) is -0.577. The fourth-order valence-corrected chi connectivity index (χ4v) is 5.76. The predicted octanol–water partition coefficient (Wildman–Crippen LogP) is 3.34. The number of amides is 1. The smallest absolute Gasteiger partial charge is 0.339 e. The van der Waals surface area contributed by atoms with Crippen molar-refractivity contribution in [2.45, 2.75) is 31.3 Å². The van der Waals surface area contributed by atoms with E-state index in [4.69, 9.17) is 4.74 Å². The van der Waals surface area contributed by atoms with E-state index in [-0.39, 0.29) is 28.2 Å². The summed E-state index contributed by atoms with van der Waals surface area (Å²) in [6, 6.07) is 14.5. The van der Waals surface area contributed by atoms with Crippen LogP contribution in [0.2, 0.25) is 0 Å². The topological polar surface area (TPSA) is 84.0 Å².